The lowest BCUT2D eigenvalue weighted by Crippen LogP contribution is -2.03. The number of aromatic nitrogens is 4. The largest absolute Gasteiger partial charge is 0.456 e. The van der Waals surface area contributed by atoms with Crippen LogP contribution in [0.5, 0.6) is 0 Å². The summed E-state index contributed by atoms with van der Waals surface area (Å²) in [6, 6.07) is 55.2. The van der Waals surface area contributed by atoms with Crippen LogP contribution in [0.25, 0.3) is 99.3 Å². The number of fused-ring (bicyclic) bond motifs is 11. The molecule has 0 aliphatic carbocycles. The van der Waals surface area contributed by atoms with Crippen LogP contribution in [-0.4, -0.2) is 19.1 Å². The molecular formula is C44H26N4O. The van der Waals surface area contributed by atoms with Crippen molar-refractivity contribution in [3.8, 4) is 22.8 Å². The van der Waals surface area contributed by atoms with Crippen molar-refractivity contribution in [3.05, 3.63) is 158 Å². The lowest BCUT2D eigenvalue weighted by atomic mass is 10.1. The molecule has 0 saturated carbocycles. The number of rotatable bonds is 3. The van der Waals surface area contributed by atoms with Gasteiger partial charge in [-0.1, -0.05) is 84.9 Å². The van der Waals surface area contributed by atoms with Gasteiger partial charge < -0.3 is 8.98 Å². The predicted octanol–water partition coefficient (Wildman–Crippen LogP) is 11.4. The lowest BCUT2D eigenvalue weighted by molar-refractivity contribution is 0.669. The van der Waals surface area contributed by atoms with E-state index in [-0.39, 0.29) is 0 Å². The van der Waals surface area contributed by atoms with Crippen molar-refractivity contribution in [1.29, 1.82) is 0 Å². The third-order valence-corrected chi connectivity index (χ3v) is 9.90. The molecule has 0 aliphatic heterocycles. The Morgan fingerprint density at radius 3 is 1.73 bits per heavy atom. The maximum atomic E-state index is 6.20. The fourth-order valence-electron chi connectivity index (χ4n) is 7.82. The first-order valence-corrected chi connectivity index (χ1v) is 16.5. The Bertz CT molecular complexity index is 3110. The average Bonchev–Trinajstić information content (AvgIpc) is 3.82. The fraction of sp³-hybridized carbons (Fsp3) is 0. The average molecular weight is 627 g/mol. The van der Waals surface area contributed by atoms with E-state index >= 15 is 0 Å². The van der Waals surface area contributed by atoms with Gasteiger partial charge in [0.15, 0.2) is 5.82 Å². The number of furan rings is 1. The third kappa shape index (κ3) is 3.70. The molecule has 49 heavy (non-hydrogen) atoms. The number of benzene rings is 7. The molecule has 11 rings (SSSR count). The Balaban J connectivity index is 1.28. The Hall–Kier alpha value is -6.72. The summed E-state index contributed by atoms with van der Waals surface area (Å²) in [6.45, 7) is 0. The summed E-state index contributed by atoms with van der Waals surface area (Å²) < 4.78 is 10.9. The molecule has 5 nitrogen and oxygen atoms in total. The molecule has 0 fully saturated rings. The molecule has 4 aromatic heterocycles. The zero-order valence-electron chi connectivity index (χ0n) is 26.2. The highest BCUT2D eigenvalue weighted by molar-refractivity contribution is 6.29. The van der Waals surface area contributed by atoms with Gasteiger partial charge in [0.05, 0.1) is 33.1 Å². The minimum absolute atomic E-state index is 0.795. The first-order valence-electron chi connectivity index (χ1n) is 16.5. The summed E-state index contributed by atoms with van der Waals surface area (Å²) in [5, 5.41) is 6.98. The van der Waals surface area contributed by atoms with E-state index in [1.165, 1.54) is 32.6 Å². The van der Waals surface area contributed by atoms with Crippen LogP contribution in [0.4, 0.5) is 0 Å². The van der Waals surface area contributed by atoms with Gasteiger partial charge >= 0.3 is 0 Å². The quantitative estimate of drug-likeness (QED) is 0.196. The van der Waals surface area contributed by atoms with Crippen molar-refractivity contribution in [3.63, 3.8) is 0 Å². The summed E-state index contributed by atoms with van der Waals surface area (Å²) in [6.07, 6.45) is 0. The molecular weight excluding hydrogens is 601 g/mol. The first-order chi connectivity index (χ1) is 24.3. The standard InChI is InChI=1S/C44H26N4O/c1-2-12-28(13-3-1)47-35-19-9-4-15-30(35)41-37(47)23-24-38-42(41)31-16-5-10-20-36(31)48(38)44-43(45-33-17-7-8-18-34(33)46-44)27-22-25-40-32(26-27)29-14-6-11-21-39(29)49-40/h1-26H. The van der Waals surface area contributed by atoms with Crippen LogP contribution in [0, 0.1) is 0 Å². The summed E-state index contributed by atoms with van der Waals surface area (Å²) >= 11 is 0. The summed E-state index contributed by atoms with van der Waals surface area (Å²) in [7, 11) is 0. The zero-order valence-corrected chi connectivity index (χ0v) is 26.2. The Morgan fingerprint density at radius 2 is 0.980 bits per heavy atom. The Kier molecular flexibility index (Phi) is 5.32. The van der Waals surface area contributed by atoms with Crippen LogP contribution >= 0.6 is 0 Å². The Morgan fingerprint density at radius 1 is 0.408 bits per heavy atom. The number of nitrogens with zero attached hydrogens (tertiary/aromatic N) is 4. The molecule has 0 N–H and O–H groups in total. The minimum atomic E-state index is 0.795. The van der Waals surface area contributed by atoms with Gasteiger partial charge in [0.1, 0.15) is 16.9 Å². The van der Waals surface area contributed by atoms with E-state index in [0.717, 1.165) is 66.8 Å². The molecule has 4 heterocycles. The maximum Gasteiger partial charge on any atom is 0.165 e. The van der Waals surface area contributed by atoms with Crippen molar-refractivity contribution >= 4 is 76.6 Å². The molecule has 0 aliphatic rings. The first kappa shape index (κ1) is 26.4. The molecule has 7 aromatic carbocycles. The normalized spacial score (nSPS) is 12.1. The minimum Gasteiger partial charge on any atom is -0.456 e. The van der Waals surface area contributed by atoms with E-state index < -0.39 is 0 Å². The van der Waals surface area contributed by atoms with E-state index in [2.05, 4.69) is 130 Å². The highest BCUT2D eigenvalue weighted by Crippen LogP contribution is 2.43. The molecule has 0 atom stereocenters. The van der Waals surface area contributed by atoms with Crippen molar-refractivity contribution < 1.29 is 4.42 Å². The fourth-order valence-corrected chi connectivity index (χ4v) is 7.82. The number of hydrogen-bond donors (Lipinski definition) is 0. The molecule has 5 heteroatoms. The molecule has 228 valence electrons. The molecule has 11 aromatic rings. The highest BCUT2D eigenvalue weighted by atomic mass is 16.3. The number of hydrogen-bond acceptors (Lipinski definition) is 3. The molecule has 0 radical (unpaired) electrons. The summed E-state index contributed by atoms with van der Waals surface area (Å²) in [4.78, 5) is 10.7. The number of para-hydroxylation sites is 6. The second kappa shape index (κ2) is 9.89. The van der Waals surface area contributed by atoms with E-state index in [1.54, 1.807) is 0 Å². The maximum absolute atomic E-state index is 6.20. The van der Waals surface area contributed by atoms with Crippen molar-refractivity contribution in [2.24, 2.45) is 0 Å². The van der Waals surface area contributed by atoms with E-state index in [0.29, 0.717) is 0 Å². The van der Waals surface area contributed by atoms with Gasteiger partial charge in [-0.3, -0.25) is 4.57 Å². The van der Waals surface area contributed by atoms with Crippen LogP contribution in [0.3, 0.4) is 0 Å². The van der Waals surface area contributed by atoms with Crippen LogP contribution in [0.1, 0.15) is 0 Å². The second-order valence-corrected chi connectivity index (χ2v) is 12.6. The SMILES string of the molecule is c1ccc(-n2c3ccccc3c3c4c5ccccc5n(-c5nc6ccccc6nc5-c5ccc6oc7ccccc7c6c5)c4ccc32)cc1. The molecule has 0 unspecified atom stereocenters. The van der Waals surface area contributed by atoms with Crippen LogP contribution in [-0.2, 0) is 0 Å². The van der Waals surface area contributed by atoms with Crippen LogP contribution < -0.4 is 0 Å². The monoisotopic (exact) mass is 626 g/mol. The van der Waals surface area contributed by atoms with Gasteiger partial charge in [-0.25, -0.2) is 9.97 Å². The zero-order chi connectivity index (χ0) is 32.1. The van der Waals surface area contributed by atoms with E-state index in [4.69, 9.17) is 14.4 Å². The van der Waals surface area contributed by atoms with Gasteiger partial charge in [-0.15, -0.1) is 0 Å². The summed E-state index contributed by atoms with van der Waals surface area (Å²) in [5.41, 5.74) is 10.9. The second-order valence-electron chi connectivity index (χ2n) is 12.6. The van der Waals surface area contributed by atoms with Crippen LogP contribution in [0.15, 0.2) is 162 Å². The van der Waals surface area contributed by atoms with Gasteiger partial charge in [0.25, 0.3) is 0 Å². The molecule has 0 bridgehead atoms. The summed E-state index contributed by atoms with van der Waals surface area (Å²) in [5.74, 6) is 0.795. The molecule has 0 spiro atoms. The van der Waals surface area contributed by atoms with Gasteiger partial charge in [-0.2, -0.15) is 0 Å². The van der Waals surface area contributed by atoms with Crippen LogP contribution in [0.2, 0.25) is 0 Å². The predicted molar refractivity (Wildman–Crippen MR) is 201 cm³/mol. The van der Waals surface area contributed by atoms with Crippen molar-refractivity contribution in [2.45, 2.75) is 0 Å². The van der Waals surface area contributed by atoms with Gasteiger partial charge in [-0.05, 0) is 72.8 Å². The van der Waals surface area contributed by atoms with E-state index in [9.17, 15) is 0 Å². The lowest BCUT2D eigenvalue weighted by Gasteiger charge is -2.14. The molecule has 0 saturated heterocycles. The smallest absolute Gasteiger partial charge is 0.165 e. The van der Waals surface area contributed by atoms with E-state index in [1.807, 2.05) is 36.4 Å². The molecule has 0 amide bonds. The van der Waals surface area contributed by atoms with Gasteiger partial charge in [0.2, 0.25) is 0 Å². The topological polar surface area (TPSA) is 48.8 Å². The Labute approximate surface area is 279 Å². The van der Waals surface area contributed by atoms with Gasteiger partial charge in [0, 0.05) is 43.6 Å². The third-order valence-electron chi connectivity index (χ3n) is 9.90. The van der Waals surface area contributed by atoms with Crippen molar-refractivity contribution in [1.82, 2.24) is 19.1 Å². The van der Waals surface area contributed by atoms with Crippen molar-refractivity contribution in [2.75, 3.05) is 0 Å². The highest BCUT2D eigenvalue weighted by Gasteiger charge is 2.23.